The van der Waals surface area contributed by atoms with Crippen molar-refractivity contribution in [3.63, 3.8) is 0 Å². The first-order valence-electron chi connectivity index (χ1n) is 12.8. The van der Waals surface area contributed by atoms with Gasteiger partial charge in [0.25, 0.3) is 0 Å². The number of rotatable bonds is 11. The van der Waals surface area contributed by atoms with E-state index < -0.39 is 17.4 Å². The van der Waals surface area contributed by atoms with Gasteiger partial charge in [0, 0.05) is 25.3 Å². The highest BCUT2D eigenvalue weighted by Crippen LogP contribution is 2.34. The molecule has 3 N–H and O–H groups in total. The minimum absolute atomic E-state index is 0.170. The predicted molar refractivity (Wildman–Crippen MR) is 135 cm³/mol. The van der Waals surface area contributed by atoms with Crippen molar-refractivity contribution in [3.05, 3.63) is 59.3 Å². The largest absolute Gasteiger partial charge is 0.480 e. The zero-order valence-electron chi connectivity index (χ0n) is 20.8. The lowest BCUT2D eigenvalue weighted by Crippen LogP contribution is -2.49. The summed E-state index contributed by atoms with van der Waals surface area (Å²) in [6.07, 6.45) is 6.74. The van der Waals surface area contributed by atoms with Crippen molar-refractivity contribution in [1.82, 2.24) is 10.3 Å². The van der Waals surface area contributed by atoms with E-state index in [1.807, 2.05) is 30.3 Å². The van der Waals surface area contributed by atoms with Crippen molar-refractivity contribution in [2.75, 3.05) is 18.5 Å². The number of hydrogen-bond acceptors (Lipinski definition) is 5. The Bertz CT molecular complexity index is 1020. The van der Waals surface area contributed by atoms with E-state index in [0.29, 0.717) is 12.5 Å². The second-order valence-electron chi connectivity index (χ2n) is 10.4. The van der Waals surface area contributed by atoms with Crippen LogP contribution in [-0.2, 0) is 32.6 Å². The summed E-state index contributed by atoms with van der Waals surface area (Å²) in [5.41, 5.74) is 2.48. The maximum atomic E-state index is 12.8. The molecule has 188 valence electrons. The van der Waals surface area contributed by atoms with Gasteiger partial charge in [-0.1, -0.05) is 36.4 Å². The third-order valence-corrected chi connectivity index (χ3v) is 7.38. The number of hydrogen-bond donors (Lipinski definition) is 3. The van der Waals surface area contributed by atoms with Crippen LogP contribution in [0.5, 0.6) is 0 Å². The number of carbonyl (C=O) groups is 2. The van der Waals surface area contributed by atoms with E-state index in [-0.39, 0.29) is 18.4 Å². The molecule has 0 saturated heterocycles. The molecule has 1 saturated carbocycles. The first-order chi connectivity index (χ1) is 16.8. The van der Waals surface area contributed by atoms with Crippen molar-refractivity contribution < 1.29 is 19.4 Å². The smallest absolute Gasteiger partial charge is 0.326 e. The van der Waals surface area contributed by atoms with Crippen molar-refractivity contribution in [2.45, 2.75) is 76.4 Å². The Morgan fingerprint density at radius 1 is 1.20 bits per heavy atom. The topological polar surface area (TPSA) is 101 Å². The first kappa shape index (κ1) is 25.2. The number of carbonyl (C=O) groups excluding carboxylic acids is 1. The third-order valence-electron chi connectivity index (χ3n) is 7.38. The standard InChI is InChI=1S/C28H37N3O4/c1-28(2,21-8-4-3-5-9-21)27(34)31-24(26(32)33)14-16-35-23-17-19(18-23)10-12-22-13-11-20-7-6-15-29-25(20)30-22/h3-5,8-9,11,13,19,23-24H,6-7,10,12,14-18H2,1-2H3,(H,29,30)(H,31,34)(H,32,33). The molecule has 1 aromatic carbocycles. The number of aryl methyl sites for hydroxylation is 2. The van der Waals surface area contributed by atoms with Crippen LogP contribution in [0.2, 0.25) is 0 Å². The van der Waals surface area contributed by atoms with Crippen molar-refractivity contribution in [3.8, 4) is 0 Å². The summed E-state index contributed by atoms with van der Waals surface area (Å²) in [5.74, 6) is 0.332. The highest BCUT2D eigenvalue weighted by molar-refractivity contribution is 5.90. The van der Waals surface area contributed by atoms with Crippen LogP contribution < -0.4 is 10.6 Å². The lowest BCUT2D eigenvalue weighted by molar-refractivity contribution is -0.143. The van der Waals surface area contributed by atoms with E-state index in [9.17, 15) is 14.7 Å². The molecule has 1 fully saturated rings. The molecule has 7 heteroatoms. The van der Waals surface area contributed by atoms with Crippen molar-refractivity contribution in [2.24, 2.45) is 5.92 Å². The van der Waals surface area contributed by atoms with Crippen LogP contribution in [0.4, 0.5) is 5.82 Å². The Kier molecular flexibility index (Phi) is 8.06. The summed E-state index contributed by atoms with van der Waals surface area (Å²) >= 11 is 0. The van der Waals surface area contributed by atoms with Gasteiger partial charge in [0.15, 0.2) is 0 Å². The number of fused-ring (bicyclic) bond motifs is 1. The average molecular weight is 480 g/mol. The van der Waals surface area contributed by atoms with E-state index in [1.165, 1.54) is 12.0 Å². The number of anilines is 1. The quantitative estimate of drug-likeness (QED) is 0.449. The van der Waals surface area contributed by atoms with Gasteiger partial charge in [0.1, 0.15) is 11.9 Å². The Morgan fingerprint density at radius 2 is 1.97 bits per heavy atom. The molecule has 0 spiro atoms. The summed E-state index contributed by atoms with van der Waals surface area (Å²) < 4.78 is 5.93. The van der Waals surface area contributed by atoms with E-state index in [4.69, 9.17) is 9.72 Å². The van der Waals surface area contributed by atoms with Crippen LogP contribution in [0.1, 0.15) is 62.8 Å². The van der Waals surface area contributed by atoms with E-state index in [1.54, 1.807) is 13.8 Å². The number of nitrogens with zero attached hydrogens (tertiary/aromatic N) is 1. The highest BCUT2D eigenvalue weighted by Gasteiger charge is 2.34. The second kappa shape index (κ2) is 11.2. The summed E-state index contributed by atoms with van der Waals surface area (Å²) in [6.45, 7) is 4.93. The molecule has 1 atom stereocenters. The fourth-order valence-corrected chi connectivity index (χ4v) is 4.84. The van der Waals surface area contributed by atoms with Crippen LogP contribution in [0.3, 0.4) is 0 Å². The SMILES string of the molecule is CC(C)(C(=O)NC(CCOC1CC(CCc2ccc3c(n2)NCCC3)C1)C(=O)O)c1ccccc1. The van der Waals surface area contributed by atoms with Crippen molar-refractivity contribution >= 4 is 17.7 Å². The molecular formula is C28H37N3O4. The van der Waals surface area contributed by atoms with Crippen LogP contribution in [-0.4, -0.2) is 47.3 Å². The molecule has 2 heterocycles. The molecular weight excluding hydrogens is 442 g/mol. The number of aromatic nitrogens is 1. The van der Waals surface area contributed by atoms with E-state index in [0.717, 1.165) is 55.7 Å². The molecule has 0 radical (unpaired) electrons. The van der Waals surface area contributed by atoms with E-state index in [2.05, 4.69) is 22.8 Å². The van der Waals surface area contributed by atoms with Gasteiger partial charge >= 0.3 is 5.97 Å². The molecule has 0 bridgehead atoms. The minimum atomic E-state index is -1.04. The summed E-state index contributed by atoms with van der Waals surface area (Å²) in [5, 5.41) is 15.7. The monoisotopic (exact) mass is 479 g/mol. The normalized spacial score (nSPS) is 20.2. The van der Waals surface area contributed by atoms with Gasteiger partial charge in [-0.25, -0.2) is 9.78 Å². The molecule has 1 unspecified atom stereocenters. The number of pyridine rings is 1. The van der Waals surface area contributed by atoms with Gasteiger partial charge in [-0.2, -0.15) is 0 Å². The zero-order valence-corrected chi connectivity index (χ0v) is 20.8. The summed E-state index contributed by atoms with van der Waals surface area (Å²) in [7, 11) is 0. The van der Waals surface area contributed by atoms with Crippen molar-refractivity contribution in [1.29, 1.82) is 0 Å². The number of carboxylic acids is 1. The first-order valence-corrected chi connectivity index (χ1v) is 12.8. The fraction of sp³-hybridized carbons (Fsp3) is 0.536. The number of carboxylic acid groups (broad SMARTS) is 1. The predicted octanol–water partition coefficient (Wildman–Crippen LogP) is 4.10. The van der Waals surface area contributed by atoms with Gasteiger partial charge in [-0.15, -0.1) is 0 Å². The maximum absolute atomic E-state index is 12.8. The summed E-state index contributed by atoms with van der Waals surface area (Å²) in [6, 6.07) is 12.8. The number of amides is 1. The molecule has 2 aromatic rings. The Labute approximate surface area is 207 Å². The molecule has 1 amide bonds. The van der Waals surface area contributed by atoms with Crippen LogP contribution in [0, 0.1) is 5.92 Å². The second-order valence-corrected chi connectivity index (χ2v) is 10.4. The lowest BCUT2D eigenvalue weighted by Gasteiger charge is -2.35. The Balaban J connectivity index is 1.16. The minimum Gasteiger partial charge on any atom is -0.480 e. The van der Waals surface area contributed by atoms with Gasteiger partial charge in [-0.05, 0) is 75.5 Å². The number of nitrogens with one attached hydrogen (secondary N) is 2. The average Bonchev–Trinajstić information content (AvgIpc) is 2.84. The van der Waals surface area contributed by atoms with Gasteiger partial charge in [0.2, 0.25) is 5.91 Å². The summed E-state index contributed by atoms with van der Waals surface area (Å²) in [4.78, 5) is 29.3. The molecule has 1 aliphatic carbocycles. The molecule has 4 rings (SSSR count). The molecule has 7 nitrogen and oxygen atoms in total. The Hall–Kier alpha value is -2.93. The molecule has 2 aliphatic rings. The van der Waals surface area contributed by atoms with Crippen LogP contribution >= 0.6 is 0 Å². The third kappa shape index (κ3) is 6.40. The maximum Gasteiger partial charge on any atom is 0.326 e. The lowest BCUT2D eigenvalue weighted by atomic mass is 9.79. The van der Waals surface area contributed by atoms with Gasteiger partial charge < -0.3 is 20.5 Å². The van der Waals surface area contributed by atoms with Gasteiger partial charge in [-0.3, -0.25) is 4.79 Å². The Morgan fingerprint density at radius 3 is 2.71 bits per heavy atom. The number of ether oxygens (including phenoxy) is 1. The van der Waals surface area contributed by atoms with Crippen LogP contribution in [0.25, 0.3) is 0 Å². The van der Waals surface area contributed by atoms with Crippen LogP contribution in [0.15, 0.2) is 42.5 Å². The molecule has 1 aliphatic heterocycles. The number of aliphatic carboxylic acids is 1. The van der Waals surface area contributed by atoms with Gasteiger partial charge in [0.05, 0.1) is 11.5 Å². The van der Waals surface area contributed by atoms with E-state index >= 15 is 0 Å². The fourth-order valence-electron chi connectivity index (χ4n) is 4.84. The molecule has 35 heavy (non-hydrogen) atoms. The highest BCUT2D eigenvalue weighted by atomic mass is 16.5. The molecule has 1 aromatic heterocycles. The number of benzene rings is 1. The zero-order chi connectivity index (χ0) is 24.8.